The van der Waals surface area contributed by atoms with E-state index in [1.807, 2.05) is 0 Å². The molecule has 0 radical (unpaired) electrons. The van der Waals surface area contributed by atoms with Crippen LogP contribution in [0.4, 0.5) is 0 Å². The number of carbonyl (C=O) groups is 6. The third kappa shape index (κ3) is 11.0. The van der Waals surface area contributed by atoms with Crippen molar-refractivity contribution in [2.75, 3.05) is 19.8 Å². The molecule has 21 nitrogen and oxygen atoms in total. The van der Waals surface area contributed by atoms with Gasteiger partial charge in [0.15, 0.2) is 12.6 Å². The summed E-state index contributed by atoms with van der Waals surface area (Å²) in [4.78, 5) is 72.0. The Balaban J connectivity index is 2.32. The topological polar surface area (TPSA) is 335 Å². The van der Waals surface area contributed by atoms with Gasteiger partial charge in [-0.1, -0.05) is 6.92 Å². The monoisotopic (exact) mass is 681 g/mol. The van der Waals surface area contributed by atoms with Crippen molar-refractivity contribution in [3.63, 3.8) is 0 Å². The molecule has 5 amide bonds. The third-order valence-electron chi connectivity index (χ3n) is 7.26. The molecule has 0 spiro atoms. The number of nitrogens with one attached hydrogen (secondary N) is 4. The molecule has 2 fully saturated rings. The van der Waals surface area contributed by atoms with Crippen LogP contribution in [0.15, 0.2) is 0 Å². The van der Waals surface area contributed by atoms with Gasteiger partial charge in [0.05, 0.1) is 19.6 Å². The zero-order chi connectivity index (χ0) is 35.6. The van der Waals surface area contributed by atoms with Crippen LogP contribution in [-0.2, 0) is 47.7 Å². The molecule has 12 atom stereocenters. The zero-order valence-corrected chi connectivity index (χ0v) is 25.8. The molecule has 21 heteroatoms. The molecule has 0 aliphatic carbocycles. The maximum Gasteiger partial charge on any atom is 0.305 e. The van der Waals surface area contributed by atoms with Gasteiger partial charge in [-0.2, -0.15) is 0 Å². The average molecular weight is 682 g/mol. The number of hydrogen-bond donors (Lipinski definition) is 11. The van der Waals surface area contributed by atoms with Gasteiger partial charge in [-0.25, -0.2) is 0 Å². The van der Waals surface area contributed by atoms with E-state index >= 15 is 0 Å². The van der Waals surface area contributed by atoms with E-state index in [-0.39, 0.29) is 6.42 Å². The first-order valence-corrected chi connectivity index (χ1v) is 14.5. The number of carboxylic acid groups (broad SMARTS) is 1. The summed E-state index contributed by atoms with van der Waals surface area (Å²) < 4.78 is 22.7. The van der Waals surface area contributed by atoms with E-state index in [0.29, 0.717) is 0 Å². The fraction of sp³-hybridized carbons (Fsp3) is 0.769. The lowest BCUT2D eigenvalue weighted by Crippen LogP contribution is -2.69. The number of primary amides is 1. The summed E-state index contributed by atoms with van der Waals surface area (Å²) in [5.74, 6) is -5.75. The molecule has 0 aromatic heterocycles. The highest BCUT2D eigenvalue weighted by Gasteiger charge is 2.52. The Hall–Kier alpha value is -3.54. The highest BCUT2D eigenvalue weighted by Crippen LogP contribution is 2.30. The Morgan fingerprint density at radius 3 is 1.94 bits per heavy atom. The van der Waals surface area contributed by atoms with Crippen molar-refractivity contribution < 1.29 is 78.4 Å². The Kier molecular flexibility index (Phi) is 15.3. The Bertz CT molecular complexity index is 1130. The third-order valence-corrected chi connectivity index (χ3v) is 7.26. The van der Waals surface area contributed by atoms with Crippen molar-refractivity contribution in [1.82, 2.24) is 21.3 Å². The van der Waals surface area contributed by atoms with Gasteiger partial charge in [0.1, 0.15) is 67.4 Å². The van der Waals surface area contributed by atoms with Gasteiger partial charge in [0.25, 0.3) is 0 Å². The van der Waals surface area contributed by atoms with Crippen LogP contribution in [0.2, 0.25) is 0 Å². The average Bonchev–Trinajstić information content (AvgIpc) is 2.99. The molecule has 2 aliphatic rings. The maximum absolute atomic E-state index is 12.9. The van der Waals surface area contributed by atoms with Crippen LogP contribution in [0, 0.1) is 0 Å². The summed E-state index contributed by atoms with van der Waals surface area (Å²) in [5, 5.41) is 69.5. The molecule has 0 aromatic carbocycles. The smallest absolute Gasteiger partial charge is 0.305 e. The second-order valence-electron chi connectivity index (χ2n) is 10.9. The number of aliphatic hydroxyl groups excluding tert-OH is 5. The van der Waals surface area contributed by atoms with E-state index in [1.54, 1.807) is 0 Å². The van der Waals surface area contributed by atoms with Crippen LogP contribution in [0.25, 0.3) is 0 Å². The second-order valence-corrected chi connectivity index (χ2v) is 10.9. The standard InChI is InChI=1S/C26H43N5O16/c1-4-11(24(42)31-12(23(27)41)5-16(37)38)30-15(36)8-44-22-18(29-10(3)35)25(43)45-14(7-33)21(22)47-26-17(28-9(2)34)20(40)19(39)13(6-32)46-26/h11-14,17-22,25-26,32-33,39-40,43H,4-8H2,1-3H3,(H2,27,41)(H,28,34)(H,29,35)(H,30,36)(H,31,42)(H,37,38)/t11-,12+,13+,14+,17+,18+,19+,20+,21+,22+,25+,26-/m0/s1. The lowest BCUT2D eigenvalue weighted by atomic mass is 9.94. The predicted molar refractivity (Wildman–Crippen MR) is 151 cm³/mol. The molecule has 47 heavy (non-hydrogen) atoms. The number of ether oxygens (including phenoxy) is 4. The molecule has 2 aliphatic heterocycles. The minimum Gasteiger partial charge on any atom is -0.481 e. The fourth-order valence-corrected chi connectivity index (χ4v) is 4.99. The van der Waals surface area contributed by atoms with Crippen molar-refractivity contribution in [1.29, 1.82) is 0 Å². The Morgan fingerprint density at radius 2 is 1.43 bits per heavy atom. The zero-order valence-electron chi connectivity index (χ0n) is 25.8. The fourth-order valence-electron chi connectivity index (χ4n) is 4.99. The summed E-state index contributed by atoms with van der Waals surface area (Å²) in [5.41, 5.74) is 5.15. The summed E-state index contributed by atoms with van der Waals surface area (Å²) in [6.07, 6.45) is -13.6. The molecule has 0 unspecified atom stereocenters. The van der Waals surface area contributed by atoms with Crippen LogP contribution < -0.4 is 27.0 Å². The van der Waals surface area contributed by atoms with Crippen LogP contribution in [0.3, 0.4) is 0 Å². The van der Waals surface area contributed by atoms with Crippen molar-refractivity contribution in [2.45, 2.75) is 107 Å². The van der Waals surface area contributed by atoms with Gasteiger partial charge in [-0.05, 0) is 6.42 Å². The number of carboxylic acids is 1. The number of aliphatic hydroxyl groups is 5. The van der Waals surface area contributed by atoms with Crippen LogP contribution in [0.5, 0.6) is 0 Å². The quantitative estimate of drug-likeness (QED) is 0.0721. The number of rotatable bonds is 16. The lowest BCUT2D eigenvalue weighted by Gasteiger charge is -2.48. The first kappa shape index (κ1) is 39.6. The van der Waals surface area contributed by atoms with E-state index in [9.17, 15) is 54.3 Å². The molecule has 2 heterocycles. The van der Waals surface area contributed by atoms with E-state index in [1.165, 1.54) is 6.92 Å². The first-order valence-electron chi connectivity index (χ1n) is 14.5. The first-order chi connectivity index (χ1) is 22.0. The van der Waals surface area contributed by atoms with Crippen molar-refractivity contribution in [2.24, 2.45) is 5.73 Å². The van der Waals surface area contributed by atoms with Crippen LogP contribution in [-0.4, -0.2) is 159 Å². The number of aliphatic carboxylic acids is 1. The lowest BCUT2D eigenvalue weighted by molar-refractivity contribution is -0.331. The van der Waals surface area contributed by atoms with Gasteiger partial charge < -0.3 is 76.6 Å². The van der Waals surface area contributed by atoms with Crippen LogP contribution in [0.1, 0.15) is 33.6 Å². The molecule has 12 N–H and O–H groups in total. The van der Waals surface area contributed by atoms with E-state index < -0.39 is 135 Å². The minimum atomic E-state index is -1.82. The number of amides is 5. The Labute approximate surface area is 268 Å². The minimum absolute atomic E-state index is 0.0251. The van der Waals surface area contributed by atoms with Gasteiger partial charge in [-0.15, -0.1) is 0 Å². The van der Waals surface area contributed by atoms with E-state index in [0.717, 1.165) is 13.8 Å². The Morgan fingerprint density at radius 1 is 0.830 bits per heavy atom. The number of carbonyl (C=O) groups excluding carboxylic acids is 5. The SMILES string of the molecule is CC[C@H](NC(=O)CO[C@@H]1[C@@H](NC(C)=O)[C@H](O)O[C@H](CO)[C@H]1O[C@@H]1O[C@H](CO)[C@@H](O)[C@H](O)[C@H]1NC(C)=O)C(=O)N[C@H](CC(=O)O)C(N)=O. The number of nitrogens with two attached hydrogens (primary N) is 1. The highest BCUT2D eigenvalue weighted by atomic mass is 16.7. The van der Waals surface area contributed by atoms with Crippen molar-refractivity contribution in [3.8, 4) is 0 Å². The molecule has 2 rings (SSSR count). The van der Waals surface area contributed by atoms with Gasteiger partial charge >= 0.3 is 5.97 Å². The second kappa shape index (κ2) is 18.1. The van der Waals surface area contributed by atoms with Gasteiger partial charge in [0.2, 0.25) is 29.5 Å². The molecule has 0 bridgehead atoms. The van der Waals surface area contributed by atoms with Crippen molar-refractivity contribution >= 4 is 35.5 Å². The molecule has 268 valence electrons. The summed E-state index contributed by atoms with van der Waals surface area (Å²) >= 11 is 0. The normalized spacial score (nSPS) is 31.9. The molecular formula is C26H43N5O16. The van der Waals surface area contributed by atoms with E-state index in [2.05, 4.69) is 21.3 Å². The molecular weight excluding hydrogens is 638 g/mol. The summed E-state index contributed by atoms with van der Waals surface area (Å²) in [6, 6.07) is -5.76. The van der Waals surface area contributed by atoms with E-state index in [4.69, 9.17) is 29.8 Å². The molecule has 0 aromatic rings. The largest absolute Gasteiger partial charge is 0.481 e. The summed E-state index contributed by atoms with van der Waals surface area (Å²) in [7, 11) is 0. The number of hydrogen-bond acceptors (Lipinski definition) is 15. The maximum atomic E-state index is 12.9. The summed E-state index contributed by atoms with van der Waals surface area (Å²) in [6.45, 7) is 1.21. The van der Waals surface area contributed by atoms with Crippen LogP contribution >= 0.6 is 0 Å². The highest BCUT2D eigenvalue weighted by molar-refractivity contribution is 5.93. The van der Waals surface area contributed by atoms with Crippen molar-refractivity contribution in [3.05, 3.63) is 0 Å². The van der Waals surface area contributed by atoms with Gasteiger partial charge in [0, 0.05) is 13.8 Å². The van der Waals surface area contributed by atoms with Gasteiger partial charge in [-0.3, -0.25) is 28.8 Å². The predicted octanol–water partition coefficient (Wildman–Crippen LogP) is -6.75. The molecule has 0 saturated carbocycles. The molecule has 2 saturated heterocycles.